The van der Waals surface area contributed by atoms with Gasteiger partial charge in [-0.05, 0) is 56.0 Å². The Bertz CT molecular complexity index is 686. The van der Waals surface area contributed by atoms with Gasteiger partial charge in [-0.1, -0.05) is 31.2 Å². The van der Waals surface area contributed by atoms with E-state index < -0.39 is 11.7 Å². The van der Waals surface area contributed by atoms with E-state index in [0.29, 0.717) is 5.75 Å². The zero-order chi connectivity index (χ0) is 19.2. The molecule has 0 saturated heterocycles. The van der Waals surface area contributed by atoms with Crippen LogP contribution in [0.5, 0.6) is 5.75 Å². The zero-order valence-electron chi connectivity index (χ0n) is 15.3. The standard InChI is InChI=1S/C18H18F3NO.C2H7N/c1-2-22-11-13-5-3-4-6-16(13)17(12-22)23-15-9-7-14(8-10-15)18(19,20)21;1-3-2/h3-10,17H,2,11-12H2,1H3;3H,1-2H3. The summed E-state index contributed by atoms with van der Waals surface area (Å²) in [6.07, 6.45) is -4.49. The molecule has 1 aliphatic rings. The molecule has 0 fully saturated rings. The summed E-state index contributed by atoms with van der Waals surface area (Å²) in [4.78, 5) is 2.26. The summed E-state index contributed by atoms with van der Waals surface area (Å²) in [5.74, 6) is 0.454. The fraction of sp³-hybridized carbons (Fsp3) is 0.400. The molecule has 0 bridgehead atoms. The van der Waals surface area contributed by atoms with Crippen LogP contribution in [0.2, 0.25) is 0 Å². The van der Waals surface area contributed by atoms with Crippen LogP contribution in [0.3, 0.4) is 0 Å². The van der Waals surface area contributed by atoms with Crippen LogP contribution in [0, 0.1) is 0 Å². The molecule has 1 unspecified atom stereocenters. The van der Waals surface area contributed by atoms with Gasteiger partial charge in [-0.2, -0.15) is 13.2 Å². The van der Waals surface area contributed by atoms with E-state index in [-0.39, 0.29) is 6.10 Å². The van der Waals surface area contributed by atoms with E-state index in [1.54, 1.807) is 0 Å². The van der Waals surface area contributed by atoms with E-state index in [9.17, 15) is 13.2 Å². The van der Waals surface area contributed by atoms with Crippen molar-refractivity contribution in [3.8, 4) is 5.75 Å². The SMILES string of the molecule is CCN1Cc2ccccc2C(Oc2ccc(C(F)(F)F)cc2)C1.CNC. The number of rotatable bonds is 3. The van der Waals surface area contributed by atoms with Crippen molar-refractivity contribution in [3.05, 3.63) is 65.2 Å². The monoisotopic (exact) mass is 366 g/mol. The summed E-state index contributed by atoms with van der Waals surface area (Å²) in [6.45, 7) is 4.60. The third-order valence-electron chi connectivity index (χ3n) is 4.13. The molecule has 2 aromatic rings. The first-order chi connectivity index (χ1) is 12.4. The smallest absolute Gasteiger partial charge is 0.416 e. The second-order valence-electron chi connectivity index (χ2n) is 6.16. The van der Waals surface area contributed by atoms with Gasteiger partial charge in [0.05, 0.1) is 5.56 Å². The lowest BCUT2D eigenvalue weighted by Crippen LogP contribution is -2.35. The van der Waals surface area contributed by atoms with Gasteiger partial charge in [0.25, 0.3) is 0 Å². The van der Waals surface area contributed by atoms with Gasteiger partial charge < -0.3 is 10.1 Å². The molecule has 6 heteroatoms. The van der Waals surface area contributed by atoms with Crippen molar-refractivity contribution in [2.75, 3.05) is 27.2 Å². The number of benzene rings is 2. The number of nitrogens with zero attached hydrogens (tertiary/aromatic N) is 1. The predicted octanol–water partition coefficient (Wildman–Crippen LogP) is 4.50. The molecule has 0 amide bonds. The average molecular weight is 366 g/mol. The van der Waals surface area contributed by atoms with Crippen LogP contribution in [0.1, 0.15) is 29.7 Å². The Balaban J connectivity index is 0.000000758. The maximum atomic E-state index is 12.6. The molecule has 1 heterocycles. The first kappa shape index (κ1) is 20.3. The van der Waals surface area contributed by atoms with Crippen molar-refractivity contribution in [2.45, 2.75) is 25.7 Å². The Morgan fingerprint density at radius 2 is 1.69 bits per heavy atom. The van der Waals surface area contributed by atoms with Crippen LogP contribution >= 0.6 is 0 Å². The highest BCUT2D eigenvalue weighted by molar-refractivity contribution is 5.34. The summed E-state index contributed by atoms with van der Waals surface area (Å²) in [7, 11) is 3.75. The van der Waals surface area contributed by atoms with E-state index in [1.807, 2.05) is 32.3 Å². The molecule has 0 saturated carbocycles. The van der Waals surface area contributed by atoms with Gasteiger partial charge in [0.15, 0.2) is 0 Å². The molecule has 1 N–H and O–H groups in total. The molecule has 1 atom stereocenters. The van der Waals surface area contributed by atoms with Crippen LogP contribution in [0.25, 0.3) is 0 Å². The number of halogens is 3. The van der Waals surface area contributed by atoms with Crippen LogP contribution in [0.4, 0.5) is 13.2 Å². The van der Waals surface area contributed by atoms with E-state index in [2.05, 4.69) is 23.2 Å². The molecule has 26 heavy (non-hydrogen) atoms. The fourth-order valence-corrected chi connectivity index (χ4v) is 2.86. The number of hydrogen-bond acceptors (Lipinski definition) is 3. The summed E-state index contributed by atoms with van der Waals surface area (Å²) in [5, 5.41) is 2.75. The summed E-state index contributed by atoms with van der Waals surface area (Å²) in [6, 6.07) is 12.9. The lowest BCUT2D eigenvalue weighted by molar-refractivity contribution is -0.137. The Labute approximate surface area is 152 Å². The molecular formula is C20H25F3N2O. The van der Waals surface area contributed by atoms with E-state index in [4.69, 9.17) is 4.74 Å². The van der Waals surface area contributed by atoms with Crippen molar-refractivity contribution in [3.63, 3.8) is 0 Å². The van der Waals surface area contributed by atoms with E-state index >= 15 is 0 Å². The highest BCUT2D eigenvalue weighted by atomic mass is 19.4. The Morgan fingerprint density at radius 1 is 1.08 bits per heavy atom. The van der Waals surface area contributed by atoms with Crippen molar-refractivity contribution in [2.24, 2.45) is 0 Å². The summed E-state index contributed by atoms with van der Waals surface area (Å²) < 4.78 is 43.8. The number of alkyl halides is 3. The molecule has 1 aliphatic heterocycles. The van der Waals surface area contributed by atoms with Crippen molar-refractivity contribution >= 4 is 0 Å². The van der Waals surface area contributed by atoms with Gasteiger partial charge in [0.1, 0.15) is 11.9 Å². The Morgan fingerprint density at radius 3 is 2.27 bits per heavy atom. The molecular weight excluding hydrogens is 341 g/mol. The Hall–Kier alpha value is -2.05. The molecule has 0 radical (unpaired) electrons. The molecule has 3 nitrogen and oxygen atoms in total. The second-order valence-corrected chi connectivity index (χ2v) is 6.16. The number of nitrogens with one attached hydrogen (secondary N) is 1. The van der Waals surface area contributed by atoms with Gasteiger partial charge in [-0.25, -0.2) is 0 Å². The Kier molecular flexibility index (Phi) is 7.06. The van der Waals surface area contributed by atoms with Crippen molar-refractivity contribution in [1.82, 2.24) is 10.2 Å². The normalized spacial score (nSPS) is 17.1. The number of likely N-dealkylation sites (N-methyl/N-ethyl adjacent to an activating group) is 1. The number of ether oxygens (including phenoxy) is 1. The van der Waals surface area contributed by atoms with Gasteiger partial charge in [0.2, 0.25) is 0 Å². The quantitative estimate of drug-likeness (QED) is 0.866. The zero-order valence-corrected chi connectivity index (χ0v) is 15.3. The molecule has 3 rings (SSSR count). The molecule has 0 aliphatic carbocycles. The minimum Gasteiger partial charge on any atom is -0.484 e. The van der Waals surface area contributed by atoms with Gasteiger partial charge >= 0.3 is 6.18 Å². The third-order valence-corrected chi connectivity index (χ3v) is 4.13. The minimum absolute atomic E-state index is 0.170. The van der Waals surface area contributed by atoms with E-state index in [0.717, 1.165) is 37.3 Å². The molecule has 2 aromatic carbocycles. The predicted molar refractivity (Wildman–Crippen MR) is 97.2 cm³/mol. The second kappa shape index (κ2) is 9.05. The molecule has 0 aromatic heterocycles. The van der Waals surface area contributed by atoms with Crippen molar-refractivity contribution < 1.29 is 17.9 Å². The summed E-state index contributed by atoms with van der Waals surface area (Å²) in [5.41, 5.74) is 1.65. The minimum atomic E-state index is -4.32. The molecule has 0 spiro atoms. The lowest BCUT2D eigenvalue weighted by Gasteiger charge is -2.34. The molecule has 142 valence electrons. The van der Waals surface area contributed by atoms with E-state index in [1.165, 1.54) is 17.7 Å². The number of hydrogen-bond donors (Lipinski definition) is 1. The van der Waals surface area contributed by atoms with Crippen LogP contribution < -0.4 is 10.1 Å². The van der Waals surface area contributed by atoms with Gasteiger partial charge in [0, 0.05) is 13.1 Å². The van der Waals surface area contributed by atoms with Crippen LogP contribution in [-0.2, 0) is 12.7 Å². The van der Waals surface area contributed by atoms with Gasteiger partial charge in [-0.3, -0.25) is 4.90 Å². The summed E-state index contributed by atoms with van der Waals surface area (Å²) >= 11 is 0. The first-order valence-corrected chi connectivity index (χ1v) is 8.61. The maximum Gasteiger partial charge on any atom is 0.416 e. The van der Waals surface area contributed by atoms with Gasteiger partial charge in [-0.15, -0.1) is 0 Å². The van der Waals surface area contributed by atoms with Crippen molar-refractivity contribution in [1.29, 1.82) is 0 Å². The third kappa shape index (κ3) is 5.22. The highest BCUT2D eigenvalue weighted by Gasteiger charge is 2.30. The largest absolute Gasteiger partial charge is 0.484 e. The first-order valence-electron chi connectivity index (χ1n) is 8.61. The maximum absolute atomic E-state index is 12.6. The fourth-order valence-electron chi connectivity index (χ4n) is 2.86. The highest BCUT2D eigenvalue weighted by Crippen LogP contribution is 2.33. The topological polar surface area (TPSA) is 24.5 Å². The van der Waals surface area contributed by atoms with Crippen LogP contribution in [0.15, 0.2) is 48.5 Å². The number of fused-ring (bicyclic) bond motifs is 1. The lowest BCUT2D eigenvalue weighted by atomic mass is 9.97. The average Bonchev–Trinajstić information content (AvgIpc) is 2.62. The van der Waals surface area contributed by atoms with Crippen LogP contribution in [-0.4, -0.2) is 32.1 Å².